The molecular formula is C31H48ClNO9. The lowest BCUT2D eigenvalue weighted by Crippen LogP contribution is -2.45. The van der Waals surface area contributed by atoms with E-state index >= 15 is 0 Å². The zero-order chi connectivity index (χ0) is 31.6. The number of aliphatic hydroxyl groups excluding tert-OH is 2. The Hall–Kier alpha value is -2.24. The Morgan fingerprint density at radius 1 is 1.31 bits per heavy atom. The number of alkyl carbamates (subject to hydrolysis) is 1. The van der Waals surface area contributed by atoms with E-state index in [1.54, 1.807) is 6.08 Å². The van der Waals surface area contributed by atoms with E-state index in [2.05, 4.69) is 6.92 Å². The molecule has 10 unspecified atom stereocenters. The summed E-state index contributed by atoms with van der Waals surface area (Å²) in [6, 6.07) is 0. The molecule has 238 valence electrons. The van der Waals surface area contributed by atoms with Crippen molar-refractivity contribution in [3.63, 3.8) is 0 Å². The number of hydrogen-bond donors (Lipinski definition) is 4. The topological polar surface area (TPSA) is 155 Å². The molecule has 11 heteroatoms. The van der Waals surface area contributed by atoms with Crippen LogP contribution in [0, 0.1) is 17.8 Å². The molecule has 0 aromatic heterocycles. The second-order valence-electron chi connectivity index (χ2n) is 11.9. The second kappa shape index (κ2) is 16.6. The average Bonchev–Trinajstić information content (AvgIpc) is 3.69. The highest BCUT2D eigenvalue weighted by Crippen LogP contribution is 2.36. The highest BCUT2D eigenvalue weighted by Gasteiger charge is 2.45. The van der Waals surface area contributed by atoms with Crippen molar-refractivity contribution in [2.75, 3.05) is 5.88 Å². The minimum atomic E-state index is -1.60. The minimum absolute atomic E-state index is 0.0116. The number of hydrogen-bond acceptors (Lipinski definition) is 9. The summed E-state index contributed by atoms with van der Waals surface area (Å²) >= 11 is 5.44. The highest BCUT2D eigenvalue weighted by molar-refractivity contribution is 6.28. The van der Waals surface area contributed by atoms with Crippen molar-refractivity contribution in [2.45, 2.75) is 116 Å². The Kier molecular flexibility index (Phi) is 14.2. The molecule has 0 radical (unpaired) electrons. The first-order chi connectivity index (χ1) is 19.7. The van der Waals surface area contributed by atoms with Gasteiger partial charge >= 0.3 is 12.1 Å². The van der Waals surface area contributed by atoms with Crippen LogP contribution in [0.3, 0.4) is 0 Å². The zero-order valence-corrected chi connectivity index (χ0v) is 26.3. The molecule has 0 aliphatic carbocycles. The maximum Gasteiger partial charge on any atom is 0.414 e. The van der Waals surface area contributed by atoms with Gasteiger partial charge in [0, 0.05) is 11.8 Å². The third kappa shape index (κ3) is 11.4. The van der Waals surface area contributed by atoms with Crippen molar-refractivity contribution >= 4 is 29.6 Å². The van der Waals surface area contributed by atoms with Crippen LogP contribution < -0.4 is 5.32 Å². The Morgan fingerprint density at radius 3 is 2.64 bits per heavy atom. The van der Waals surface area contributed by atoms with Crippen LogP contribution in [0.1, 0.15) is 73.6 Å². The van der Waals surface area contributed by atoms with E-state index in [1.165, 1.54) is 13.0 Å². The monoisotopic (exact) mass is 613 g/mol. The number of alkyl halides is 1. The van der Waals surface area contributed by atoms with Crippen LogP contribution in [0.4, 0.5) is 4.79 Å². The molecular weight excluding hydrogens is 566 g/mol. The Labute approximate surface area is 254 Å². The van der Waals surface area contributed by atoms with Crippen LogP contribution in [0.25, 0.3) is 0 Å². The van der Waals surface area contributed by atoms with E-state index in [4.69, 9.17) is 25.8 Å². The Morgan fingerprint density at radius 2 is 2.00 bits per heavy atom. The number of epoxide rings is 1. The van der Waals surface area contributed by atoms with Crippen molar-refractivity contribution < 1.29 is 43.9 Å². The van der Waals surface area contributed by atoms with Crippen molar-refractivity contribution in [1.29, 1.82) is 0 Å². The third-order valence-corrected chi connectivity index (χ3v) is 8.18. The third-order valence-electron chi connectivity index (χ3n) is 7.94. The number of carbonyl (C=O) groups is 3. The molecule has 0 saturated carbocycles. The normalized spacial score (nSPS) is 33.9. The van der Waals surface area contributed by atoms with Crippen molar-refractivity contribution in [3.8, 4) is 0 Å². The van der Waals surface area contributed by atoms with Gasteiger partial charge in [-0.3, -0.25) is 14.9 Å². The summed E-state index contributed by atoms with van der Waals surface area (Å²) in [5.74, 6) is -1.82. The molecule has 2 amide bonds. The van der Waals surface area contributed by atoms with Crippen LogP contribution >= 0.6 is 11.6 Å². The lowest BCUT2D eigenvalue weighted by molar-refractivity contribution is -0.151. The maximum atomic E-state index is 12.7. The second-order valence-corrected chi connectivity index (χ2v) is 12.2. The van der Waals surface area contributed by atoms with E-state index in [0.29, 0.717) is 6.42 Å². The predicted molar refractivity (Wildman–Crippen MR) is 159 cm³/mol. The predicted octanol–water partition coefficient (Wildman–Crippen LogP) is 3.95. The number of esters is 1. The van der Waals surface area contributed by atoms with Gasteiger partial charge < -0.3 is 29.5 Å². The molecule has 0 aromatic carbocycles. The summed E-state index contributed by atoms with van der Waals surface area (Å²) in [4.78, 5) is 36.4. The molecule has 10 nitrogen and oxygen atoms in total. The first kappa shape index (κ1) is 36.0. The van der Waals surface area contributed by atoms with Crippen LogP contribution in [0.15, 0.2) is 36.0 Å². The van der Waals surface area contributed by atoms with Crippen LogP contribution in [0.5, 0.6) is 0 Å². The molecule has 2 aliphatic heterocycles. The van der Waals surface area contributed by atoms with Crippen LogP contribution in [-0.2, 0) is 23.8 Å². The van der Waals surface area contributed by atoms with Crippen LogP contribution in [0.2, 0.25) is 0 Å². The van der Waals surface area contributed by atoms with Gasteiger partial charge in [0.25, 0.3) is 0 Å². The lowest BCUT2D eigenvalue weighted by atomic mass is 9.88. The molecule has 1 fully saturated rings. The van der Waals surface area contributed by atoms with Gasteiger partial charge in [-0.2, -0.15) is 0 Å². The molecule has 0 bridgehead atoms. The molecule has 4 N–H and O–H groups in total. The fourth-order valence-corrected chi connectivity index (χ4v) is 5.15. The molecule has 2 aliphatic rings. The number of aliphatic hydroxyl groups is 3. The van der Waals surface area contributed by atoms with E-state index in [9.17, 15) is 29.7 Å². The van der Waals surface area contributed by atoms with Gasteiger partial charge in [0.1, 0.15) is 17.6 Å². The molecule has 0 spiro atoms. The molecule has 0 aromatic rings. The molecule has 1 saturated heterocycles. The number of imide groups is 1. The molecule has 10 atom stereocenters. The number of allylic oxidation sites excluding steroid dienone is 3. The van der Waals surface area contributed by atoms with Gasteiger partial charge in [-0.25, -0.2) is 4.79 Å². The smallest absolute Gasteiger partial charge is 0.414 e. The number of halogens is 1. The Bertz CT molecular complexity index is 1010. The van der Waals surface area contributed by atoms with Crippen molar-refractivity contribution in [3.05, 3.63) is 36.0 Å². The van der Waals surface area contributed by atoms with E-state index in [0.717, 1.165) is 12.0 Å². The quantitative estimate of drug-likeness (QED) is 0.0942. The van der Waals surface area contributed by atoms with Gasteiger partial charge in [-0.15, -0.1) is 11.6 Å². The summed E-state index contributed by atoms with van der Waals surface area (Å²) in [6.45, 7) is 11.2. The van der Waals surface area contributed by atoms with Crippen LogP contribution in [-0.4, -0.2) is 81.4 Å². The fourth-order valence-electron chi connectivity index (χ4n) is 5.08. The standard InChI is InChI=1S/C31H48ClNO9/c1-7-23(35)21(5)29-24(40-29)15-18(2)9-8-10-19(3)28-20(4)11-12-25(41-30(38)33-26(36)17-32)31(6,39)14-13-22(34)16-27(37)42-28/h8-12,18,20-25,28-29,34-35,39H,7,13-17H2,1-6H3,(H,33,36,38)/b9-8+,12-11+,19-10+. The van der Waals surface area contributed by atoms with E-state index in [1.807, 2.05) is 51.2 Å². The van der Waals surface area contributed by atoms with Gasteiger partial charge in [-0.1, -0.05) is 52.0 Å². The minimum Gasteiger partial charge on any atom is -0.457 e. The van der Waals surface area contributed by atoms with Crippen molar-refractivity contribution in [1.82, 2.24) is 5.32 Å². The SMILES string of the molecule is CCC(O)C(C)C1OC1CC(C)/C=C/C=C(\C)C1OC(=O)CC(O)CCC(C)(O)C(OC(=O)NC(=O)CCl)/C=C/C1C. The largest absolute Gasteiger partial charge is 0.457 e. The molecule has 42 heavy (non-hydrogen) atoms. The van der Waals surface area contributed by atoms with Gasteiger partial charge in [0.05, 0.1) is 30.8 Å². The number of amides is 2. The molecule has 2 rings (SSSR count). The first-order valence-corrected chi connectivity index (χ1v) is 15.2. The summed E-state index contributed by atoms with van der Waals surface area (Å²) < 4.78 is 16.9. The first-order valence-electron chi connectivity index (χ1n) is 14.7. The number of cyclic esters (lactones) is 1. The molecule has 2 heterocycles. The fraction of sp³-hybridized carbons (Fsp3) is 0.710. The summed E-state index contributed by atoms with van der Waals surface area (Å²) in [7, 11) is 0. The summed E-state index contributed by atoms with van der Waals surface area (Å²) in [5, 5.41) is 33.6. The zero-order valence-electron chi connectivity index (χ0n) is 25.5. The van der Waals surface area contributed by atoms with Gasteiger partial charge in [0.15, 0.2) is 6.10 Å². The number of nitrogens with one attached hydrogen (secondary N) is 1. The average molecular weight is 614 g/mol. The van der Waals surface area contributed by atoms with Crippen molar-refractivity contribution in [2.24, 2.45) is 17.8 Å². The summed E-state index contributed by atoms with van der Waals surface area (Å²) in [6.07, 6.45) is 6.18. The van der Waals surface area contributed by atoms with Gasteiger partial charge in [0.2, 0.25) is 5.91 Å². The lowest BCUT2D eigenvalue weighted by Gasteiger charge is -2.32. The van der Waals surface area contributed by atoms with E-state index < -0.39 is 53.7 Å². The highest BCUT2D eigenvalue weighted by atomic mass is 35.5. The number of rotatable bonds is 10. The van der Waals surface area contributed by atoms with Gasteiger partial charge in [-0.05, 0) is 57.1 Å². The van der Waals surface area contributed by atoms with E-state index in [-0.39, 0.29) is 49.4 Å². The summed E-state index contributed by atoms with van der Waals surface area (Å²) in [5.41, 5.74) is -0.845. The maximum absolute atomic E-state index is 12.7. The number of ether oxygens (including phenoxy) is 3. The number of carbonyl (C=O) groups excluding carboxylic acids is 3. The Balaban J connectivity index is 2.17.